The number of fused-ring (bicyclic) bond motifs is 1. The van der Waals surface area contributed by atoms with Crippen LogP contribution >= 0.6 is 0 Å². The van der Waals surface area contributed by atoms with Gasteiger partial charge in [-0.1, -0.05) is 6.07 Å². The van der Waals surface area contributed by atoms with Crippen molar-refractivity contribution in [2.24, 2.45) is 0 Å². The van der Waals surface area contributed by atoms with Crippen molar-refractivity contribution in [2.75, 3.05) is 49.5 Å². The molecule has 0 bridgehead atoms. The van der Waals surface area contributed by atoms with Crippen molar-refractivity contribution in [1.82, 2.24) is 19.8 Å². The number of benzene rings is 1. The summed E-state index contributed by atoms with van der Waals surface area (Å²) in [7, 11) is 0. The Morgan fingerprint density at radius 1 is 1.11 bits per heavy atom. The molecular formula is C34H44N6O5. The number of hydrogen-bond acceptors (Lipinski definition) is 10. The van der Waals surface area contributed by atoms with Crippen LogP contribution in [-0.2, 0) is 24.4 Å². The molecule has 0 spiro atoms. The van der Waals surface area contributed by atoms with Gasteiger partial charge in [0, 0.05) is 64.7 Å². The lowest BCUT2D eigenvalue weighted by Crippen LogP contribution is -2.56. The van der Waals surface area contributed by atoms with Crippen LogP contribution in [0.15, 0.2) is 41.1 Å². The van der Waals surface area contributed by atoms with Crippen molar-refractivity contribution in [1.29, 1.82) is 0 Å². The molecule has 3 aromatic rings. The first-order valence-corrected chi connectivity index (χ1v) is 16.2. The second-order valence-electron chi connectivity index (χ2n) is 12.6. The van der Waals surface area contributed by atoms with E-state index in [1.807, 2.05) is 25.1 Å². The Bertz CT molecular complexity index is 1500. The summed E-state index contributed by atoms with van der Waals surface area (Å²) >= 11 is 0. The number of β-amino-alcohol motifs (C(OH)–C–C–N with tert-alkyl or cyclic N) is 1. The summed E-state index contributed by atoms with van der Waals surface area (Å²) in [4.78, 5) is 40.3. The third-order valence-electron chi connectivity index (χ3n) is 9.15. The fourth-order valence-corrected chi connectivity index (χ4v) is 6.35. The Hall–Kier alpha value is -3.96. The summed E-state index contributed by atoms with van der Waals surface area (Å²) in [5.41, 5.74) is 3.94. The number of aromatic nitrogens is 2. The standard InChI is InChI=1S/C34H44N6O5/c1-23-32(45-22-35-23)21-44-30-8-6-26-17-38(13-10-25(26)14-30)20-29(42)7-9-31(43)27-15-33(36-28-18-40(19-28)24(2)41)37-34(16-27)39-11-4-3-5-12-39/h6,8,14-16,22,28-29,42H,3-5,7,9-13,17-21H2,1-2H3,(H,36,37)/t29-/m0/s1. The van der Waals surface area contributed by atoms with Gasteiger partial charge >= 0.3 is 0 Å². The molecule has 1 amide bonds. The molecule has 1 aromatic carbocycles. The van der Waals surface area contributed by atoms with Crippen LogP contribution in [0.1, 0.15) is 72.0 Å². The average molecular weight is 617 g/mol. The smallest absolute Gasteiger partial charge is 0.219 e. The fourth-order valence-electron chi connectivity index (χ4n) is 6.35. The number of nitrogens with zero attached hydrogens (tertiary/aromatic N) is 5. The van der Waals surface area contributed by atoms with Gasteiger partial charge in [-0.25, -0.2) is 9.97 Å². The van der Waals surface area contributed by atoms with Crippen molar-refractivity contribution < 1.29 is 23.8 Å². The third-order valence-corrected chi connectivity index (χ3v) is 9.15. The summed E-state index contributed by atoms with van der Waals surface area (Å²) in [6, 6.07) is 10.0. The van der Waals surface area contributed by atoms with E-state index >= 15 is 0 Å². The Morgan fingerprint density at radius 2 is 1.93 bits per heavy atom. The lowest BCUT2D eigenvalue weighted by atomic mass is 9.98. The van der Waals surface area contributed by atoms with Gasteiger partial charge < -0.3 is 29.4 Å². The fraction of sp³-hybridized carbons (Fsp3) is 0.529. The Morgan fingerprint density at radius 3 is 2.69 bits per heavy atom. The zero-order valence-electron chi connectivity index (χ0n) is 26.3. The maximum atomic E-state index is 13.4. The number of piperidine rings is 1. The van der Waals surface area contributed by atoms with Crippen LogP contribution < -0.4 is 15.0 Å². The average Bonchev–Trinajstić information content (AvgIpc) is 3.44. The van der Waals surface area contributed by atoms with Crippen molar-refractivity contribution in [3.05, 3.63) is 64.9 Å². The van der Waals surface area contributed by atoms with Gasteiger partial charge in [0.15, 0.2) is 17.9 Å². The van der Waals surface area contributed by atoms with E-state index in [4.69, 9.17) is 14.1 Å². The lowest BCUT2D eigenvalue weighted by molar-refractivity contribution is -0.132. The van der Waals surface area contributed by atoms with Crippen molar-refractivity contribution in [3.63, 3.8) is 0 Å². The summed E-state index contributed by atoms with van der Waals surface area (Å²) in [6.07, 6.45) is 5.81. The molecular weight excluding hydrogens is 572 g/mol. The molecule has 2 saturated heterocycles. The van der Waals surface area contributed by atoms with E-state index in [9.17, 15) is 14.7 Å². The minimum Gasteiger partial charge on any atom is -0.486 e. The minimum absolute atomic E-state index is 0.00812. The van der Waals surface area contributed by atoms with E-state index in [0.717, 1.165) is 68.5 Å². The molecule has 11 heteroatoms. The molecule has 6 rings (SSSR count). The minimum atomic E-state index is -0.600. The number of ether oxygens (including phenoxy) is 1. The molecule has 5 heterocycles. The highest BCUT2D eigenvalue weighted by molar-refractivity contribution is 5.97. The topological polar surface area (TPSA) is 124 Å². The van der Waals surface area contributed by atoms with Gasteiger partial charge in [0.1, 0.15) is 24.0 Å². The van der Waals surface area contributed by atoms with E-state index in [-0.39, 0.29) is 24.2 Å². The van der Waals surface area contributed by atoms with Gasteiger partial charge in [-0.2, -0.15) is 0 Å². The van der Waals surface area contributed by atoms with Gasteiger partial charge in [-0.05, 0) is 74.4 Å². The molecule has 45 heavy (non-hydrogen) atoms. The highest BCUT2D eigenvalue weighted by Gasteiger charge is 2.29. The normalized spacial score (nSPS) is 17.8. The van der Waals surface area contributed by atoms with Gasteiger partial charge in [-0.15, -0.1) is 0 Å². The van der Waals surface area contributed by atoms with E-state index in [1.54, 1.807) is 11.8 Å². The first-order chi connectivity index (χ1) is 21.8. The van der Waals surface area contributed by atoms with Crippen LogP contribution in [-0.4, -0.2) is 88.0 Å². The van der Waals surface area contributed by atoms with Crippen LogP contribution in [0.5, 0.6) is 5.75 Å². The molecule has 0 unspecified atom stereocenters. The molecule has 0 radical (unpaired) electrons. The summed E-state index contributed by atoms with van der Waals surface area (Å²) in [5, 5.41) is 14.3. The number of nitrogens with one attached hydrogen (secondary N) is 1. The largest absolute Gasteiger partial charge is 0.486 e. The van der Waals surface area contributed by atoms with Gasteiger partial charge in [-0.3, -0.25) is 14.5 Å². The molecule has 11 nitrogen and oxygen atoms in total. The molecule has 2 fully saturated rings. The number of oxazole rings is 1. The molecule has 1 atom stereocenters. The predicted octanol–water partition coefficient (Wildman–Crippen LogP) is 3.97. The van der Waals surface area contributed by atoms with Crippen molar-refractivity contribution >= 4 is 23.3 Å². The van der Waals surface area contributed by atoms with Gasteiger partial charge in [0.2, 0.25) is 5.91 Å². The highest BCUT2D eigenvalue weighted by atomic mass is 16.5. The Kier molecular flexibility index (Phi) is 9.65. The number of anilines is 2. The summed E-state index contributed by atoms with van der Waals surface area (Å²) < 4.78 is 11.3. The van der Waals surface area contributed by atoms with Crippen LogP contribution in [0.4, 0.5) is 11.6 Å². The number of aliphatic hydroxyl groups excluding tert-OH is 1. The maximum absolute atomic E-state index is 13.4. The molecule has 2 N–H and O–H groups in total. The zero-order chi connectivity index (χ0) is 31.3. The lowest BCUT2D eigenvalue weighted by Gasteiger charge is -2.39. The summed E-state index contributed by atoms with van der Waals surface area (Å²) in [6.45, 7) is 9.07. The zero-order valence-corrected chi connectivity index (χ0v) is 26.3. The quantitative estimate of drug-likeness (QED) is 0.289. The predicted molar refractivity (Wildman–Crippen MR) is 171 cm³/mol. The molecule has 3 aliphatic heterocycles. The van der Waals surface area contributed by atoms with E-state index < -0.39 is 6.10 Å². The first-order valence-electron chi connectivity index (χ1n) is 16.2. The van der Waals surface area contributed by atoms with Crippen LogP contribution in [0.2, 0.25) is 0 Å². The second-order valence-corrected chi connectivity index (χ2v) is 12.6. The monoisotopic (exact) mass is 616 g/mol. The number of hydrogen-bond donors (Lipinski definition) is 2. The summed E-state index contributed by atoms with van der Waals surface area (Å²) in [5.74, 6) is 3.10. The number of carbonyl (C=O) groups is 2. The number of amides is 1. The number of Topliss-reactive ketones (excluding diaryl/α,β-unsaturated/α-hetero) is 1. The maximum Gasteiger partial charge on any atom is 0.219 e. The number of pyridine rings is 1. The molecule has 240 valence electrons. The molecule has 2 aromatic heterocycles. The first kappa shape index (κ1) is 31.0. The van der Waals surface area contributed by atoms with Crippen molar-refractivity contribution in [3.8, 4) is 5.75 Å². The van der Waals surface area contributed by atoms with Crippen LogP contribution in [0, 0.1) is 6.92 Å². The van der Waals surface area contributed by atoms with E-state index in [0.29, 0.717) is 44.0 Å². The number of rotatable bonds is 12. The van der Waals surface area contributed by atoms with Gasteiger partial charge in [0.05, 0.1) is 17.8 Å². The third kappa shape index (κ3) is 7.83. The number of ketones is 1. The second kappa shape index (κ2) is 14.0. The van der Waals surface area contributed by atoms with E-state index in [2.05, 4.69) is 32.2 Å². The number of aliphatic hydroxyl groups is 1. The highest BCUT2D eigenvalue weighted by Crippen LogP contribution is 2.27. The number of carbonyl (C=O) groups excluding carboxylic acids is 2. The van der Waals surface area contributed by atoms with Crippen LogP contribution in [0.3, 0.4) is 0 Å². The Labute approximate surface area is 264 Å². The Balaban J connectivity index is 1.02. The van der Waals surface area contributed by atoms with Crippen molar-refractivity contribution in [2.45, 2.75) is 77.7 Å². The van der Waals surface area contributed by atoms with E-state index in [1.165, 1.54) is 23.9 Å². The number of aryl methyl sites for hydroxylation is 1. The van der Waals surface area contributed by atoms with Gasteiger partial charge in [0.25, 0.3) is 0 Å². The molecule has 0 saturated carbocycles. The molecule has 3 aliphatic rings. The SMILES string of the molecule is CC(=O)N1CC(Nc2cc(C(=O)CC[C@H](O)CN3CCc4cc(OCc5ocnc5C)ccc4C3)cc(N3CCCCC3)n2)C1. The number of likely N-dealkylation sites (tertiary alicyclic amines) is 1. The molecule has 0 aliphatic carbocycles. The van der Waals surface area contributed by atoms with Crippen LogP contribution in [0.25, 0.3) is 0 Å².